The minimum absolute atomic E-state index is 0.0494. The number of carbonyl (C=O) groups excluding carboxylic acids is 1. The van der Waals surface area contributed by atoms with Gasteiger partial charge >= 0.3 is 0 Å². The monoisotopic (exact) mass is 368 g/mol. The summed E-state index contributed by atoms with van der Waals surface area (Å²) in [6, 6.07) is 8.50. The second-order valence-electron chi connectivity index (χ2n) is 5.08. The van der Waals surface area contributed by atoms with E-state index in [1.54, 1.807) is 0 Å². The van der Waals surface area contributed by atoms with Crippen molar-refractivity contribution < 1.29 is 19.1 Å². The molecule has 1 heterocycles. The maximum absolute atomic E-state index is 13.9. The molecule has 1 atom stereocenters. The highest BCUT2D eigenvalue weighted by Crippen LogP contribution is 2.29. The predicted octanol–water partition coefficient (Wildman–Crippen LogP) is 3.97. The Morgan fingerprint density at radius 3 is 2.88 bits per heavy atom. The molecule has 0 spiro atoms. The summed E-state index contributed by atoms with van der Waals surface area (Å²) in [5, 5.41) is 16.5. The summed E-state index contributed by atoms with van der Waals surface area (Å²) < 4.78 is 13.9. The second-order valence-corrected chi connectivity index (χ2v) is 5.93. The summed E-state index contributed by atoms with van der Waals surface area (Å²) in [6.45, 7) is 0. The fourth-order valence-electron chi connectivity index (χ4n) is 2.26. The molecule has 1 aliphatic rings. The van der Waals surface area contributed by atoms with E-state index in [0.717, 1.165) is 0 Å². The number of phenols is 1. The molecule has 1 amide bonds. The Hall–Kier alpha value is -2.31. The van der Waals surface area contributed by atoms with Crippen molar-refractivity contribution in [1.29, 1.82) is 0 Å². The minimum atomic E-state index is -0.964. The van der Waals surface area contributed by atoms with Crippen LogP contribution < -0.4 is 5.32 Å². The number of anilines is 1. The number of carbonyl (C=O) groups is 1. The lowest BCUT2D eigenvalue weighted by Crippen LogP contribution is -2.28. The largest absolute Gasteiger partial charge is 0.506 e. The molecule has 8 heteroatoms. The van der Waals surface area contributed by atoms with Gasteiger partial charge in [0.25, 0.3) is 5.91 Å². The summed E-state index contributed by atoms with van der Waals surface area (Å²) in [6.07, 6.45) is -0.914. The fourth-order valence-corrected chi connectivity index (χ4v) is 2.70. The molecule has 0 saturated heterocycles. The zero-order valence-electron chi connectivity index (χ0n) is 12.1. The lowest BCUT2D eigenvalue weighted by atomic mass is 10.0. The second kappa shape index (κ2) is 6.67. The highest BCUT2D eigenvalue weighted by Gasteiger charge is 2.31. The Bertz CT molecular complexity index is 822. The van der Waals surface area contributed by atoms with Gasteiger partial charge in [0, 0.05) is 11.4 Å². The van der Waals surface area contributed by atoms with Gasteiger partial charge in [-0.3, -0.25) is 4.79 Å². The van der Waals surface area contributed by atoms with Crippen LogP contribution in [0.25, 0.3) is 0 Å². The van der Waals surface area contributed by atoms with E-state index < -0.39 is 17.8 Å². The molecule has 1 aliphatic heterocycles. The van der Waals surface area contributed by atoms with Crippen molar-refractivity contribution >= 4 is 40.5 Å². The summed E-state index contributed by atoms with van der Waals surface area (Å²) in [5.74, 6) is -1.22. The average molecular weight is 369 g/mol. The van der Waals surface area contributed by atoms with Crippen molar-refractivity contribution in [3.8, 4) is 5.75 Å². The molecule has 2 aromatic rings. The molecule has 2 N–H and O–H groups in total. The van der Waals surface area contributed by atoms with Crippen LogP contribution in [0.1, 0.15) is 12.0 Å². The van der Waals surface area contributed by atoms with Crippen LogP contribution in [0.5, 0.6) is 5.75 Å². The van der Waals surface area contributed by atoms with Crippen LogP contribution in [0.15, 0.2) is 41.6 Å². The van der Waals surface area contributed by atoms with Crippen molar-refractivity contribution in [1.82, 2.24) is 0 Å². The van der Waals surface area contributed by atoms with E-state index in [1.807, 2.05) is 0 Å². The molecular weight excluding hydrogens is 358 g/mol. The molecule has 0 unspecified atom stereocenters. The van der Waals surface area contributed by atoms with E-state index in [1.165, 1.54) is 36.4 Å². The first-order chi connectivity index (χ1) is 11.5. The number of rotatable bonds is 3. The molecule has 5 nitrogen and oxygen atoms in total. The van der Waals surface area contributed by atoms with E-state index in [-0.39, 0.29) is 34.2 Å². The predicted molar refractivity (Wildman–Crippen MR) is 89.2 cm³/mol. The number of oxime groups is 1. The number of aromatic hydroxyl groups is 1. The summed E-state index contributed by atoms with van der Waals surface area (Å²) >= 11 is 11.8. The van der Waals surface area contributed by atoms with Crippen LogP contribution in [-0.2, 0) is 9.63 Å². The number of nitrogens with zero attached hydrogens (tertiary/aromatic N) is 1. The number of hydrogen-bond donors (Lipinski definition) is 2. The number of phenolic OH excluding ortho intramolecular Hbond substituents is 1. The first kappa shape index (κ1) is 16.5. The first-order valence-corrected chi connectivity index (χ1v) is 7.68. The third kappa shape index (κ3) is 3.29. The lowest BCUT2D eigenvalue weighted by molar-refractivity contribution is -0.125. The zero-order chi connectivity index (χ0) is 17.3. The highest BCUT2D eigenvalue weighted by atomic mass is 35.5. The van der Waals surface area contributed by atoms with E-state index in [2.05, 4.69) is 10.5 Å². The van der Waals surface area contributed by atoms with E-state index in [0.29, 0.717) is 5.02 Å². The maximum atomic E-state index is 13.9. The molecule has 24 heavy (non-hydrogen) atoms. The summed E-state index contributed by atoms with van der Waals surface area (Å²) in [5.41, 5.74) is 0.502. The standard InChI is InChI=1S/C16H11Cl2FN2O3/c17-8-4-5-13(22)11(6-8)20-16(23)14-7-12(21-24-14)15-9(18)2-1-3-10(15)19/h1-6,14,22H,7H2,(H,20,23)/t14-/m0/s1. The Morgan fingerprint density at radius 2 is 2.12 bits per heavy atom. The molecule has 0 bridgehead atoms. The van der Waals surface area contributed by atoms with Gasteiger partial charge in [-0.1, -0.05) is 34.4 Å². The van der Waals surface area contributed by atoms with Crippen LogP contribution in [0.4, 0.5) is 10.1 Å². The van der Waals surface area contributed by atoms with Gasteiger partial charge in [0.15, 0.2) is 0 Å². The van der Waals surface area contributed by atoms with Crippen LogP contribution in [0.2, 0.25) is 10.0 Å². The topological polar surface area (TPSA) is 70.9 Å². The lowest BCUT2D eigenvalue weighted by Gasteiger charge is -2.11. The molecule has 0 radical (unpaired) electrons. The zero-order valence-corrected chi connectivity index (χ0v) is 13.6. The van der Waals surface area contributed by atoms with Gasteiger partial charge in [-0.25, -0.2) is 4.39 Å². The van der Waals surface area contributed by atoms with Crippen LogP contribution in [-0.4, -0.2) is 22.8 Å². The van der Waals surface area contributed by atoms with Gasteiger partial charge in [0.2, 0.25) is 6.10 Å². The normalized spacial score (nSPS) is 16.5. The highest BCUT2D eigenvalue weighted by molar-refractivity contribution is 6.34. The number of halogens is 3. The molecule has 0 aromatic heterocycles. The van der Waals surface area contributed by atoms with Gasteiger partial charge < -0.3 is 15.3 Å². The number of hydrogen-bond acceptors (Lipinski definition) is 4. The first-order valence-electron chi connectivity index (χ1n) is 6.92. The van der Waals surface area contributed by atoms with E-state index in [9.17, 15) is 14.3 Å². The molecule has 0 fully saturated rings. The van der Waals surface area contributed by atoms with Crippen molar-refractivity contribution in [3.05, 3.63) is 57.8 Å². The Balaban J connectivity index is 1.73. The van der Waals surface area contributed by atoms with E-state index in [4.69, 9.17) is 28.0 Å². The van der Waals surface area contributed by atoms with Gasteiger partial charge in [0.1, 0.15) is 11.6 Å². The average Bonchev–Trinajstić information content (AvgIpc) is 3.00. The number of nitrogens with one attached hydrogen (secondary N) is 1. The maximum Gasteiger partial charge on any atom is 0.268 e. The minimum Gasteiger partial charge on any atom is -0.506 e. The number of amides is 1. The Morgan fingerprint density at radius 1 is 1.33 bits per heavy atom. The van der Waals surface area contributed by atoms with Gasteiger partial charge in [-0.2, -0.15) is 0 Å². The molecule has 2 aromatic carbocycles. The SMILES string of the molecule is O=C(Nc1cc(Cl)ccc1O)[C@@H]1CC(c2c(F)cccc2Cl)=NO1. The quantitative estimate of drug-likeness (QED) is 0.805. The van der Waals surface area contributed by atoms with Crippen LogP contribution in [0, 0.1) is 5.82 Å². The third-order valence-electron chi connectivity index (χ3n) is 3.43. The molecule has 3 rings (SSSR count). The van der Waals surface area contributed by atoms with Gasteiger partial charge in [-0.15, -0.1) is 0 Å². The molecule has 124 valence electrons. The van der Waals surface area contributed by atoms with Crippen LogP contribution in [0.3, 0.4) is 0 Å². The van der Waals surface area contributed by atoms with Crippen molar-refractivity contribution in [2.75, 3.05) is 5.32 Å². The summed E-state index contributed by atoms with van der Waals surface area (Å²) in [4.78, 5) is 17.3. The fraction of sp³-hybridized carbons (Fsp3) is 0.125. The van der Waals surface area contributed by atoms with Crippen molar-refractivity contribution in [3.63, 3.8) is 0 Å². The smallest absolute Gasteiger partial charge is 0.268 e. The number of benzene rings is 2. The van der Waals surface area contributed by atoms with Crippen LogP contribution >= 0.6 is 23.2 Å². The van der Waals surface area contributed by atoms with Crippen molar-refractivity contribution in [2.24, 2.45) is 5.16 Å². The molecular formula is C16H11Cl2FN2O3. The van der Waals surface area contributed by atoms with Crippen molar-refractivity contribution in [2.45, 2.75) is 12.5 Å². The third-order valence-corrected chi connectivity index (χ3v) is 3.98. The van der Waals surface area contributed by atoms with Gasteiger partial charge in [0.05, 0.1) is 22.0 Å². The Labute approximate surface area is 146 Å². The summed E-state index contributed by atoms with van der Waals surface area (Å²) in [7, 11) is 0. The Kier molecular flexibility index (Phi) is 4.59. The van der Waals surface area contributed by atoms with Gasteiger partial charge in [-0.05, 0) is 30.3 Å². The van der Waals surface area contributed by atoms with E-state index >= 15 is 0 Å². The molecule has 0 aliphatic carbocycles. The molecule has 0 saturated carbocycles.